The monoisotopic (exact) mass is 387 g/mol. The molecule has 0 aliphatic rings. The standard InChI is InChI=1S/Ag.Bi.Li.Zn. The zero-order valence-corrected chi connectivity index (χ0v) is 10.4. The van der Waals surface area contributed by atoms with Crippen LogP contribution in [-0.4, -0.2) is 45.1 Å². The van der Waals surface area contributed by atoms with Gasteiger partial charge < -0.3 is 0 Å². The van der Waals surface area contributed by atoms with Gasteiger partial charge >= 0.3 is 0 Å². The van der Waals surface area contributed by atoms with Crippen LogP contribution >= 0.6 is 0 Å². The van der Waals surface area contributed by atoms with Gasteiger partial charge in [0.15, 0.2) is 0 Å². The molecule has 0 amide bonds. The summed E-state index contributed by atoms with van der Waals surface area (Å²) in [5.41, 5.74) is 0. The average molecular weight is 389 g/mol. The SMILES string of the molecule is [Ag].[Bi].[Li].[Zn]. The van der Waals surface area contributed by atoms with Crippen molar-refractivity contribution in [3.63, 3.8) is 0 Å². The molecule has 0 atom stereocenters. The second-order valence-electron chi connectivity index (χ2n) is 0. The Labute approximate surface area is 85.4 Å². The van der Waals surface area contributed by atoms with Crippen molar-refractivity contribution in [2.45, 2.75) is 0 Å². The minimum Gasteiger partial charge on any atom is 0 e. The second kappa shape index (κ2) is 17.0. The van der Waals surface area contributed by atoms with E-state index in [2.05, 4.69) is 0 Å². The molecule has 4 heteroatoms. The van der Waals surface area contributed by atoms with Crippen molar-refractivity contribution in [3.8, 4) is 0 Å². The van der Waals surface area contributed by atoms with Gasteiger partial charge in [-0.1, -0.05) is 0 Å². The van der Waals surface area contributed by atoms with Crippen molar-refractivity contribution >= 4 is 45.1 Å². The molecule has 0 bridgehead atoms. The van der Waals surface area contributed by atoms with Crippen molar-refractivity contribution in [1.82, 2.24) is 0 Å². The Morgan fingerprint density at radius 3 is 1.00 bits per heavy atom. The molecule has 0 aliphatic carbocycles. The van der Waals surface area contributed by atoms with Gasteiger partial charge in [-0.15, -0.1) is 0 Å². The largest absolute Gasteiger partial charge is 0 e. The van der Waals surface area contributed by atoms with Crippen LogP contribution in [0.25, 0.3) is 0 Å². The van der Waals surface area contributed by atoms with Crippen LogP contribution in [0.1, 0.15) is 0 Å². The fourth-order valence-electron chi connectivity index (χ4n) is 0. The average Bonchev–Trinajstić information content (AvgIpc) is 0. The first-order chi connectivity index (χ1) is 0. The van der Waals surface area contributed by atoms with Crippen molar-refractivity contribution in [3.05, 3.63) is 0 Å². The summed E-state index contributed by atoms with van der Waals surface area (Å²) in [6.45, 7) is 0. The van der Waals surface area contributed by atoms with Gasteiger partial charge in [-0.25, -0.2) is 0 Å². The molecule has 0 saturated heterocycles. The molecular weight excluding hydrogens is 389 g/mol. The normalized spacial score (nSPS) is 0. The number of rotatable bonds is 0. The van der Waals surface area contributed by atoms with Crippen LogP contribution in [0.4, 0.5) is 0 Å². The summed E-state index contributed by atoms with van der Waals surface area (Å²) in [5.74, 6) is 0. The zero-order valence-electron chi connectivity index (χ0n) is 2.46. The fraction of sp³-hybridized carbons (Fsp3) is 0. The van der Waals surface area contributed by atoms with E-state index in [-0.39, 0.29) is 86.9 Å². The molecule has 4 heavy (non-hydrogen) atoms. The van der Waals surface area contributed by atoms with Gasteiger partial charge in [0.05, 0.1) is 0 Å². The Hall–Kier alpha value is 2.84. The summed E-state index contributed by atoms with van der Waals surface area (Å²) in [4.78, 5) is 0. The fourth-order valence-corrected chi connectivity index (χ4v) is 0. The van der Waals surface area contributed by atoms with E-state index in [1.54, 1.807) is 0 Å². The molecule has 0 N–H and O–H groups in total. The van der Waals surface area contributed by atoms with E-state index in [9.17, 15) is 0 Å². The summed E-state index contributed by atoms with van der Waals surface area (Å²) < 4.78 is 0. The van der Waals surface area contributed by atoms with E-state index >= 15 is 0 Å². The maximum Gasteiger partial charge on any atom is 0 e. The van der Waals surface area contributed by atoms with Gasteiger partial charge in [0.25, 0.3) is 0 Å². The summed E-state index contributed by atoms with van der Waals surface area (Å²) in [5, 5.41) is 0. The van der Waals surface area contributed by atoms with E-state index in [1.807, 2.05) is 0 Å². The quantitative estimate of drug-likeness (QED) is 0.478. The van der Waals surface area contributed by atoms with Crippen LogP contribution in [-0.2, 0) is 41.9 Å². The van der Waals surface area contributed by atoms with Gasteiger partial charge in [0.1, 0.15) is 0 Å². The van der Waals surface area contributed by atoms with Crippen LogP contribution < -0.4 is 0 Å². The van der Waals surface area contributed by atoms with E-state index in [4.69, 9.17) is 0 Å². The third-order valence-corrected chi connectivity index (χ3v) is 0. The minimum absolute atomic E-state index is 0. The predicted molar refractivity (Wildman–Crippen MR) is 11.5 cm³/mol. The topological polar surface area (TPSA) is 0 Å². The van der Waals surface area contributed by atoms with E-state index in [0.29, 0.717) is 0 Å². The van der Waals surface area contributed by atoms with Crippen LogP contribution in [0.2, 0.25) is 0 Å². The molecular formula is AgBiLiZn. The van der Waals surface area contributed by atoms with Crippen molar-refractivity contribution in [2.75, 3.05) is 0 Å². The molecule has 0 aromatic rings. The minimum atomic E-state index is 0. The maximum absolute atomic E-state index is 0. The van der Waals surface area contributed by atoms with E-state index in [0.717, 1.165) is 0 Å². The second-order valence-corrected chi connectivity index (χ2v) is 0. The molecule has 0 aromatic carbocycles. The maximum atomic E-state index is 0. The summed E-state index contributed by atoms with van der Waals surface area (Å²) in [6.07, 6.45) is 0. The molecule has 0 aliphatic heterocycles. The molecule has 0 heterocycles. The Bertz CT molecular complexity index is 8.00. The molecule has 0 rings (SSSR count). The molecule has 0 aromatic heterocycles. The van der Waals surface area contributed by atoms with Crippen molar-refractivity contribution in [2.24, 2.45) is 0 Å². The van der Waals surface area contributed by atoms with Gasteiger partial charge in [0, 0.05) is 86.9 Å². The molecule has 19 valence electrons. The van der Waals surface area contributed by atoms with Crippen LogP contribution in [0.5, 0.6) is 0 Å². The van der Waals surface area contributed by atoms with Crippen LogP contribution in [0, 0.1) is 0 Å². The summed E-state index contributed by atoms with van der Waals surface area (Å²) >= 11 is 0. The van der Waals surface area contributed by atoms with Crippen molar-refractivity contribution in [1.29, 1.82) is 0 Å². The van der Waals surface area contributed by atoms with Gasteiger partial charge in [-0.05, 0) is 0 Å². The zero-order chi connectivity index (χ0) is 0. The first-order valence-electron chi connectivity index (χ1n) is 0. The summed E-state index contributed by atoms with van der Waals surface area (Å²) in [7, 11) is 0. The third kappa shape index (κ3) is 8.85. The van der Waals surface area contributed by atoms with Crippen LogP contribution in [0.15, 0.2) is 0 Å². The van der Waals surface area contributed by atoms with Crippen molar-refractivity contribution < 1.29 is 41.9 Å². The molecule has 0 unspecified atom stereocenters. The molecule has 0 fully saturated rings. The third-order valence-electron chi connectivity index (χ3n) is 0. The van der Waals surface area contributed by atoms with Crippen LogP contribution in [0.3, 0.4) is 0 Å². The molecule has 5 radical (unpaired) electrons. The Kier molecular flexibility index (Phi) is 122. The smallest absolute Gasteiger partial charge is 0 e. The first-order valence-corrected chi connectivity index (χ1v) is 0. The summed E-state index contributed by atoms with van der Waals surface area (Å²) in [6, 6.07) is 0. The van der Waals surface area contributed by atoms with Gasteiger partial charge in [-0.2, -0.15) is 0 Å². The molecule has 0 spiro atoms. The van der Waals surface area contributed by atoms with E-state index in [1.165, 1.54) is 0 Å². The Balaban J connectivity index is 0. The molecule has 0 saturated carbocycles. The number of hydrogen-bond acceptors (Lipinski definition) is 0. The Morgan fingerprint density at radius 1 is 1.00 bits per heavy atom. The number of hydrogen-bond donors (Lipinski definition) is 0. The van der Waals surface area contributed by atoms with E-state index < -0.39 is 0 Å². The van der Waals surface area contributed by atoms with Gasteiger partial charge in [0.2, 0.25) is 0 Å². The predicted octanol–water partition coefficient (Wildman–Crippen LogP) is -0.767. The first kappa shape index (κ1) is 28.9. The Morgan fingerprint density at radius 2 is 1.00 bits per heavy atom. The van der Waals surface area contributed by atoms with Gasteiger partial charge in [-0.3, -0.25) is 0 Å². The molecule has 0 nitrogen and oxygen atoms in total.